The van der Waals surface area contributed by atoms with Gasteiger partial charge in [-0.2, -0.15) is 0 Å². The highest BCUT2D eigenvalue weighted by Crippen LogP contribution is 2.34. The van der Waals surface area contributed by atoms with Gasteiger partial charge in [0.15, 0.2) is 0 Å². The number of fused-ring (bicyclic) bond motifs is 1. The van der Waals surface area contributed by atoms with Gasteiger partial charge in [-0.15, -0.1) is 11.3 Å². The van der Waals surface area contributed by atoms with E-state index in [-0.39, 0.29) is 6.10 Å². The van der Waals surface area contributed by atoms with Gasteiger partial charge in [0.25, 0.3) is 0 Å². The van der Waals surface area contributed by atoms with Gasteiger partial charge >= 0.3 is 0 Å². The lowest BCUT2D eigenvalue weighted by Crippen LogP contribution is -2.26. The van der Waals surface area contributed by atoms with Crippen LogP contribution in [0.5, 0.6) is 5.75 Å². The Morgan fingerprint density at radius 1 is 1.21 bits per heavy atom. The van der Waals surface area contributed by atoms with E-state index in [4.69, 9.17) is 9.47 Å². The second kappa shape index (κ2) is 6.75. The summed E-state index contributed by atoms with van der Waals surface area (Å²) >= 11 is 1.64. The highest BCUT2D eigenvalue weighted by atomic mass is 32.1. The largest absolute Gasteiger partial charge is 0.488 e. The van der Waals surface area contributed by atoms with E-state index in [1.54, 1.807) is 17.7 Å². The first-order valence-electron chi connectivity index (χ1n) is 8.10. The van der Waals surface area contributed by atoms with Gasteiger partial charge in [-0.1, -0.05) is 12.1 Å². The molecule has 0 atom stereocenters. The molecule has 0 radical (unpaired) electrons. The van der Waals surface area contributed by atoms with Crippen molar-refractivity contribution in [2.24, 2.45) is 0 Å². The number of aromatic nitrogens is 2. The zero-order valence-electron chi connectivity index (χ0n) is 13.5. The summed E-state index contributed by atoms with van der Waals surface area (Å²) in [5, 5.41) is 6.61. The summed E-state index contributed by atoms with van der Waals surface area (Å²) in [6.45, 7) is 3.61. The first-order valence-corrected chi connectivity index (χ1v) is 8.98. The Bertz CT molecular complexity index is 843. The van der Waals surface area contributed by atoms with Gasteiger partial charge in [-0.25, -0.2) is 9.97 Å². The molecule has 1 aliphatic heterocycles. The molecule has 0 amide bonds. The van der Waals surface area contributed by atoms with Crippen LogP contribution in [0.3, 0.4) is 0 Å². The Balaban J connectivity index is 1.63. The predicted molar refractivity (Wildman–Crippen MR) is 96.3 cm³/mol. The molecule has 3 heterocycles. The van der Waals surface area contributed by atoms with Crippen LogP contribution < -0.4 is 10.1 Å². The number of ether oxygens (including phenoxy) is 2. The van der Waals surface area contributed by atoms with Crippen LogP contribution >= 0.6 is 11.3 Å². The Kier molecular flexibility index (Phi) is 4.32. The van der Waals surface area contributed by atoms with Crippen LogP contribution in [0.1, 0.15) is 18.4 Å². The molecule has 0 spiro atoms. The zero-order chi connectivity index (χ0) is 16.4. The summed E-state index contributed by atoms with van der Waals surface area (Å²) < 4.78 is 11.6. The molecule has 124 valence electrons. The van der Waals surface area contributed by atoms with E-state index >= 15 is 0 Å². The van der Waals surface area contributed by atoms with Crippen molar-refractivity contribution in [1.82, 2.24) is 9.97 Å². The highest BCUT2D eigenvalue weighted by Gasteiger charge is 2.17. The third-order valence-electron chi connectivity index (χ3n) is 4.16. The van der Waals surface area contributed by atoms with Crippen LogP contribution in [0.15, 0.2) is 36.0 Å². The first-order chi connectivity index (χ1) is 11.8. The second-order valence-electron chi connectivity index (χ2n) is 5.87. The minimum absolute atomic E-state index is 0.204. The van der Waals surface area contributed by atoms with Gasteiger partial charge in [-0.3, -0.25) is 0 Å². The van der Waals surface area contributed by atoms with E-state index < -0.39 is 0 Å². The number of hydrogen-bond acceptors (Lipinski definition) is 6. The smallest absolute Gasteiger partial charge is 0.143 e. The fourth-order valence-corrected chi connectivity index (χ4v) is 3.78. The quantitative estimate of drug-likeness (QED) is 0.767. The number of benzene rings is 1. The van der Waals surface area contributed by atoms with E-state index in [9.17, 15) is 0 Å². The average Bonchev–Trinajstić information content (AvgIpc) is 3.00. The standard InChI is InChI=1S/C18H19N3O2S/c1-12-10-24-18-16(12)17(19-11-20-18)21-14-4-2-3-5-15(14)23-13-6-8-22-9-7-13/h2-5,10-11,13H,6-9H2,1H3,(H,19,20,21). The number of nitrogens with one attached hydrogen (secondary N) is 1. The lowest BCUT2D eigenvalue weighted by atomic mass is 10.1. The van der Waals surface area contributed by atoms with Crippen LogP contribution in [-0.2, 0) is 4.74 Å². The minimum Gasteiger partial charge on any atom is -0.488 e. The number of nitrogens with zero attached hydrogens (tertiary/aromatic N) is 2. The fraction of sp³-hybridized carbons (Fsp3) is 0.333. The molecule has 1 aliphatic rings. The maximum absolute atomic E-state index is 6.20. The maximum atomic E-state index is 6.20. The average molecular weight is 341 g/mol. The summed E-state index contributed by atoms with van der Waals surface area (Å²) in [4.78, 5) is 9.77. The summed E-state index contributed by atoms with van der Waals surface area (Å²) in [6, 6.07) is 8.00. The van der Waals surface area contributed by atoms with Crippen molar-refractivity contribution in [2.75, 3.05) is 18.5 Å². The Morgan fingerprint density at radius 3 is 2.92 bits per heavy atom. The maximum Gasteiger partial charge on any atom is 0.143 e. The van der Waals surface area contributed by atoms with Crippen LogP contribution in [0, 0.1) is 6.92 Å². The Hall–Kier alpha value is -2.18. The molecule has 0 saturated carbocycles. The number of rotatable bonds is 4. The van der Waals surface area contributed by atoms with Crippen molar-refractivity contribution in [1.29, 1.82) is 0 Å². The molecule has 2 aromatic heterocycles. The number of anilines is 2. The van der Waals surface area contributed by atoms with Crippen LogP contribution in [0.2, 0.25) is 0 Å². The van der Waals surface area contributed by atoms with E-state index in [0.29, 0.717) is 0 Å². The van der Waals surface area contributed by atoms with Gasteiger partial charge in [0.1, 0.15) is 28.8 Å². The Morgan fingerprint density at radius 2 is 2.04 bits per heavy atom. The van der Waals surface area contributed by atoms with Crippen molar-refractivity contribution < 1.29 is 9.47 Å². The third-order valence-corrected chi connectivity index (χ3v) is 5.16. The number of thiophene rings is 1. The molecule has 24 heavy (non-hydrogen) atoms. The molecule has 0 bridgehead atoms. The van der Waals surface area contributed by atoms with E-state index in [2.05, 4.69) is 27.6 Å². The van der Waals surface area contributed by atoms with Crippen molar-refractivity contribution in [3.8, 4) is 5.75 Å². The van der Waals surface area contributed by atoms with E-state index in [1.807, 2.05) is 24.3 Å². The van der Waals surface area contributed by atoms with E-state index in [1.165, 1.54) is 5.56 Å². The molecule has 0 aliphatic carbocycles. The molecule has 1 fully saturated rings. The molecular formula is C18H19N3O2S. The second-order valence-corrected chi connectivity index (χ2v) is 6.73. The number of hydrogen-bond donors (Lipinski definition) is 1. The Labute approximate surface area is 144 Å². The molecule has 1 N–H and O–H groups in total. The molecule has 5 nitrogen and oxygen atoms in total. The van der Waals surface area contributed by atoms with Crippen LogP contribution in [0.25, 0.3) is 10.2 Å². The lowest BCUT2D eigenvalue weighted by molar-refractivity contribution is 0.0258. The molecule has 4 rings (SSSR count). The molecule has 0 unspecified atom stereocenters. The van der Waals surface area contributed by atoms with Crippen molar-refractivity contribution in [2.45, 2.75) is 25.9 Å². The third kappa shape index (κ3) is 3.07. The van der Waals surface area contributed by atoms with Crippen molar-refractivity contribution in [3.63, 3.8) is 0 Å². The van der Waals surface area contributed by atoms with E-state index in [0.717, 1.165) is 53.5 Å². The monoisotopic (exact) mass is 341 g/mol. The SMILES string of the molecule is Cc1csc2ncnc(Nc3ccccc3OC3CCOCC3)c12. The summed E-state index contributed by atoms with van der Waals surface area (Å²) in [5.41, 5.74) is 2.11. The number of para-hydroxylation sites is 2. The van der Waals surface area contributed by atoms with Gasteiger partial charge in [0.05, 0.1) is 24.3 Å². The first kappa shape index (κ1) is 15.4. The van der Waals surface area contributed by atoms with Gasteiger partial charge < -0.3 is 14.8 Å². The zero-order valence-corrected chi connectivity index (χ0v) is 14.3. The fourth-order valence-electron chi connectivity index (χ4n) is 2.89. The summed E-state index contributed by atoms with van der Waals surface area (Å²) in [7, 11) is 0. The van der Waals surface area contributed by atoms with Gasteiger partial charge in [-0.05, 0) is 30.0 Å². The molecular weight excluding hydrogens is 322 g/mol. The van der Waals surface area contributed by atoms with Gasteiger partial charge in [0, 0.05) is 12.8 Å². The van der Waals surface area contributed by atoms with Crippen molar-refractivity contribution in [3.05, 3.63) is 41.5 Å². The summed E-state index contributed by atoms with van der Waals surface area (Å²) in [5.74, 6) is 1.67. The van der Waals surface area contributed by atoms with Crippen molar-refractivity contribution >= 4 is 33.1 Å². The van der Waals surface area contributed by atoms with Gasteiger partial charge in [0.2, 0.25) is 0 Å². The highest BCUT2D eigenvalue weighted by molar-refractivity contribution is 7.17. The lowest BCUT2D eigenvalue weighted by Gasteiger charge is -2.24. The molecule has 6 heteroatoms. The molecule has 3 aromatic rings. The van der Waals surface area contributed by atoms with Crippen LogP contribution in [0.4, 0.5) is 11.5 Å². The summed E-state index contributed by atoms with van der Waals surface area (Å²) in [6.07, 6.45) is 3.66. The topological polar surface area (TPSA) is 56.3 Å². The van der Waals surface area contributed by atoms with Crippen LogP contribution in [-0.4, -0.2) is 29.3 Å². The number of aryl methyl sites for hydroxylation is 1. The predicted octanol–water partition coefficient (Wildman–Crippen LogP) is 4.30. The normalized spacial score (nSPS) is 15.5. The minimum atomic E-state index is 0.204. The molecule has 1 aromatic carbocycles. The molecule has 1 saturated heterocycles.